The molecule has 0 heterocycles. The van der Waals surface area contributed by atoms with Crippen LogP contribution in [0.2, 0.25) is 0 Å². The lowest BCUT2D eigenvalue weighted by molar-refractivity contribution is -0.118. The van der Waals surface area contributed by atoms with Crippen LogP contribution in [0.1, 0.15) is 39.0 Å². The Kier molecular flexibility index (Phi) is 5.41. The summed E-state index contributed by atoms with van der Waals surface area (Å²) in [6, 6.07) is 2.16. The third-order valence-electron chi connectivity index (χ3n) is 2.76. The maximum absolute atomic E-state index is 11.7. The molecule has 4 heteroatoms. The molecule has 16 heavy (non-hydrogen) atoms. The fourth-order valence-corrected chi connectivity index (χ4v) is 1.86. The molecule has 0 atom stereocenters. The van der Waals surface area contributed by atoms with E-state index in [0.717, 1.165) is 12.8 Å². The highest BCUT2D eigenvalue weighted by atomic mass is 16.1. The van der Waals surface area contributed by atoms with Gasteiger partial charge in [-0.05, 0) is 19.8 Å². The lowest BCUT2D eigenvalue weighted by atomic mass is 9.95. The SMILES string of the molecule is CCN/C=C(/C#N)C(=O)NC1CCCCC1. The molecule has 1 aliphatic rings. The molecule has 0 spiro atoms. The first kappa shape index (κ1) is 12.6. The van der Waals surface area contributed by atoms with Crippen molar-refractivity contribution in [1.82, 2.24) is 10.6 Å². The van der Waals surface area contributed by atoms with Gasteiger partial charge in [0.25, 0.3) is 5.91 Å². The average molecular weight is 221 g/mol. The molecule has 4 nitrogen and oxygen atoms in total. The molecule has 88 valence electrons. The number of nitrogens with one attached hydrogen (secondary N) is 2. The molecular weight excluding hydrogens is 202 g/mol. The van der Waals surface area contributed by atoms with Crippen molar-refractivity contribution in [1.29, 1.82) is 5.26 Å². The van der Waals surface area contributed by atoms with Gasteiger partial charge >= 0.3 is 0 Å². The van der Waals surface area contributed by atoms with Crippen molar-refractivity contribution in [2.45, 2.75) is 45.1 Å². The van der Waals surface area contributed by atoms with E-state index in [9.17, 15) is 4.79 Å². The summed E-state index contributed by atoms with van der Waals surface area (Å²) >= 11 is 0. The van der Waals surface area contributed by atoms with Crippen molar-refractivity contribution in [2.75, 3.05) is 6.54 Å². The summed E-state index contributed by atoms with van der Waals surface area (Å²) in [6.45, 7) is 2.63. The number of rotatable bonds is 4. The van der Waals surface area contributed by atoms with Gasteiger partial charge in [-0.3, -0.25) is 4.79 Å². The highest BCUT2D eigenvalue weighted by Crippen LogP contribution is 2.17. The Bertz CT molecular complexity index is 298. The Morgan fingerprint density at radius 2 is 2.12 bits per heavy atom. The molecule has 1 amide bonds. The number of nitrogens with zero attached hydrogens (tertiary/aromatic N) is 1. The number of carbonyl (C=O) groups excluding carboxylic acids is 1. The van der Waals surface area contributed by atoms with Crippen molar-refractivity contribution in [3.8, 4) is 6.07 Å². The molecule has 1 fully saturated rings. The molecule has 0 aromatic heterocycles. The lowest BCUT2D eigenvalue weighted by Gasteiger charge is -2.22. The van der Waals surface area contributed by atoms with Crippen LogP contribution in [0.25, 0.3) is 0 Å². The fraction of sp³-hybridized carbons (Fsp3) is 0.667. The zero-order valence-corrected chi connectivity index (χ0v) is 9.75. The maximum Gasteiger partial charge on any atom is 0.263 e. The van der Waals surface area contributed by atoms with Crippen LogP contribution < -0.4 is 10.6 Å². The Morgan fingerprint density at radius 1 is 1.44 bits per heavy atom. The van der Waals surface area contributed by atoms with Gasteiger partial charge in [-0.15, -0.1) is 0 Å². The molecular formula is C12H19N3O. The largest absolute Gasteiger partial charge is 0.390 e. The average Bonchev–Trinajstić information content (AvgIpc) is 2.31. The Balaban J connectivity index is 2.46. The van der Waals surface area contributed by atoms with E-state index in [1.807, 2.05) is 13.0 Å². The van der Waals surface area contributed by atoms with E-state index in [4.69, 9.17) is 5.26 Å². The molecule has 1 saturated carbocycles. The van der Waals surface area contributed by atoms with Crippen LogP contribution in [0, 0.1) is 11.3 Å². The lowest BCUT2D eigenvalue weighted by Crippen LogP contribution is -2.37. The second-order valence-corrected chi connectivity index (χ2v) is 4.04. The zero-order chi connectivity index (χ0) is 11.8. The Hall–Kier alpha value is -1.50. The van der Waals surface area contributed by atoms with Crippen LogP contribution in [0.3, 0.4) is 0 Å². The summed E-state index contributed by atoms with van der Waals surface area (Å²) in [4.78, 5) is 11.7. The minimum atomic E-state index is -0.254. The number of carbonyl (C=O) groups is 1. The van der Waals surface area contributed by atoms with Crippen molar-refractivity contribution in [2.24, 2.45) is 0 Å². The van der Waals surface area contributed by atoms with Gasteiger partial charge in [0.15, 0.2) is 0 Å². The van der Waals surface area contributed by atoms with Crippen molar-refractivity contribution in [3.05, 3.63) is 11.8 Å². The van der Waals surface area contributed by atoms with Gasteiger partial charge in [0.2, 0.25) is 0 Å². The van der Waals surface area contributed by atoms with Gasteiger partial charge in [0.1, 0.15) is 11.6 Å². The van der Waals surface area contributed by atoms with Crippen LogP contribution in [-0.2, 0) is 4.79 Å². The summed E-state index contributed by atoms with van der Waals surface area (Å²) in [5.41, 5.74) is 0.160. The number of hydrogen-bond donors (Lipinski definition) is 2. The first-order valence-electron chi connectivity index (χ1n) is 5.92. The fourth-order valence-electron chi connectivity index (χ4n) is 1.86. The van der Waals surface area contributed by atoms with E-state index >= 15 is 0 Å². The van der Waals surface area contributed by atoms with Gasteiger partial charge in [-0.1, -0.05) is 19.3 Å². The van der Waals surface area contributed by atoms with E-state index < -0.39 is 0 Å². The van der Waals surface area contributed by atoms with Crippen molar-refractivity contribution in [3.63, 3.8) is 0 Å². The Labute approximate surface area is 96.7 Å². The summed E-state index contributed by atoms with van der Waals surface area (Å²) < 4.78 is 0. The van der Waals surface area contributed by atoms with Crippen LogP contribution in [0.15, 0.2) is 11.8 Å². The predicted octanol–water partition coefficient (Wildman–Crippen LogP) is 1.45. The molecule has 2 N–H and O–H groups in total. The first-order chi connectivity index (χ1) is 7.77. The van der Waals surface area contributed by atoms with Crippen LogP contribution in [-0.4, -0.2) is 18.5 Å². The molecule has 0 bridgehead atoms. The van der Waals surface area contributed by atoms with Crippen molar-refractivity contribution < 1.29 is 4.79 Å². The monoisotopic (exact) mass is 221 g/mol. The second-order valence-electron chi connectivity index (χ2n) is 4.04. The van der Waals surface area contributed by atoms with Crippen LogP contribution in [0.5, 0.6) is 0 Å². The van der Waals surface area contributed by atoms with E-state index in [0.29, 0.717) is 6.54 Å². The summed E-state index contributed by atoms with van der Waals surface area (Å²) in [6.07, 6.45) is 7.15. The topological polar surface area (TPSA) is 64.9 Å². The molecule has 0 unspecified atom stereocenters. The maximum atomic E-state index is 11.7. The summed E-state index contributed by atoms with van der Waals surface area (Å²) in [7, 11) is 0. The van der Waals surface area contributed by atoms with E-state index in [2.05, 4.69) is 10.6 Å². The van der Waals surface area contributed by atoms with Gasteiger partial charge in [-0.25, -0.2) is 0 Å². The zero-order valence-electron chi connectivity index (χ0n) is 9.75. The second kappa shape index (κ2) is 6.89. The quantitative estimate of drug-likeness (QED) is 0.558. The van der Waals surface area contributed by atoms with Gasteiger partial charge < -0.3 is 10.6 Å². The van der Waals surface area contributed by atoms with Crippen LogP contribution >= 0.6 is 0 Å². The minimum absolute atomic E-state index is 0.160. The molecule has 0 saturated heterocycles. The Morgan fingerprint density at radius 3 is 2.69 bits per heavy atom. The third-order valence-corrected chi connectivity index (χ3v) is 2.76. The minimum Gasteiger partial charge on any atom is -0.390 e. The van der Waals surface area contributed by atoms with Gasteiger partial charge in [0, 0.05) is 18.8 Å². The molecule has 1 aliphatic carbocycles. The molecule has 0 radical (unpaired) electrons. The molecule has 0 aromatic carbocycles. The normalized spacial score (nSPS) is 17.6. The van der Waals surface area contributed by atoms with Crippen molar-refractivity contribution >= 4 is 5.91 Å². The van der Waals surface area contributed by atoms with Gasteiger partial charge in [0.05, 0.1) is 0 Å². The third kappa shape index (κ3) is 3.93. The number of hydrogen-bond acceptors (Lipinski definition) is 3. The summed E-state index contributed by atoms with van der Waals surface area (Å²) in [5.74, 6) is -0.254. The number of amides is 1. The standard InChI is InChI=1S/C12H19N3O/c1-2-14-9-10(8-13)12(16)15-11-6-4-3-5-7-11/h9,11,14H,2-7H2,1H3,(H,15,16)/b10-9-. The molecule has 1 rings (SSSR count). The first-order valence-corrected chi connectivity index (χ1v) is 5.92. The smallest absolute Gasteiger partial charge is 0.263 e. The van der Waals surface area contributed by atoms with Crippen LogP contribution in [0.4, 0.5) is 0 Å². The highest BCUT2D eigenvalue weighted by molar-refractivity contribution is 5.97. The van der Waals surface area contributed by atoms with E-state index in [-0.39, 0.29) is 17.5 Å². The van der Waals surface area contributed by atoms with E-state index in [1.54, 1.807) is 0 Å². The number of nitriles is 1. The predicted molar refractivity (Wildman–Crippen MR) is 62.4 cm³/mol. The van der Waals surface area contributed by atoms with E-state index in [1.165, 1.54) is 25.5 Å². The molecule has 0 aromatic rings. The molecule has 0 aliphatic heterocycles. The van der Waals surface area contributed by atoms with Gasteiger partial charge in [-0.2, -0.15) is 5.26 Å². The summed E-state index contributed by atoms with van der Waals surface area (Å²) in [5, 5.41) is 14.6. The highest BCUT2D eigenvalue weighted by Gasteiger charge is 2.17.